The topological polar surface area (TPSA) is 78.0 Å². The van der Waals surface area contributed by atoms with Crippen molar-refractivity contribution in [1.29, 1.82) is 0 Å². The Morgan fingerprint density at radius 3 is 2.24 bits per heavy atom. The molecule has 4 rings (SSSR count). The summed E-state index contributed by atoms with van der Waals surface area (Å²) >= 11 is 0. The van der Waals surface area contributed by atoms with Gasteiger partial charge in [0.05, 0.1) is 0 Å². The van der Waals surface area contributed by atoms with E-state index in [9.17, 15) is 19.2 Å². The fourth-order valence-electron chi connectivity index (χ4n) is 4.46. The zero-order valence-corrected chi connectivity index (χ0v) is 16.9. The monoisotopic (exact) mass is 399 g/mol. The molecule has 156 valence electrons. The highest BCUT2D eigenvalue weighted by atomic mass is 16.2. The smallest absolute Gasteiger partial charge is 0.312 e. The van der Waals surface area contributed by atoms with Crippen LogP contribution in [0.15, 0.2) is 23.4 Å². The maximum Gasteiger partial charge on any atom is 0.334 e. The van der Waals surface area contributed by atoms with Gasteiger partial charge in [0.15, 0.2) is 0 Å². The van der Waals surface area contributed by atoms with E-state index in [4.69, 9.17) is 0 Å². The lowest BCUT2D eigenvalue weighted by molar-refractivity contribution is -0.144. The Morgan fingerprint density at radius 1 is 0.931 bits per heavy atom. The number of rotatable bonds is 7. The van der Waals surface area contributed by atoms with E-state index >= 15 is 0 Å². The second kappa shape index (κ2) is 8.51. The molecule has 0 spiro atoms. The fraction of sp³-hybridized carbons (Fsp3) is 0.636. The van der Waals surface area contributed by atoms with Crippen molar-refractivity contribution in [2.24, 2.45) is 0 Å². The van der Waals surface area contributed by atoms with Crippen LogP contribution in [0.1, 0.15) is 70.6 Å². The summed E-state index contributed by atoms with van der Waals surface area (Å²) in [4.78, 5) is 54.1. The summed E-state index contributed by atoms with van der Waals surface area (Å²) in [6.45, 7) is -0.145. The van der Waals surface area contributed by atoms with Crippen molar-refractivity contribution >= 4 is 23.8 Å². The van der Waals surface area contributed by atoms with Gasteiger partial charge in [-0.15, -0.1) is 0 Å². The van der Waals surface area contributed by atoms with Gasteiger partial charge < -0.3 is 4.90 Å². The molecule has 0 N–H and O–H groups in total. The van der Waals surface area contributed by atoms with Gasteiger partial charge in [0.2, 0.25) is 5.91 Å². The molecule has 7 nitrogen and oxygen atoms in total. The van der Waals surface area contributed by atoms with Crippen LogP contribution in [0.4, 0.5) is 4.79 Å². The molecule has 2 fully saturated rings. The predicted molar refractivity (Wildman–Crippen MR) is 106 cm³/mol. The zero-order valence-electron chi connectivity index (χ0n) is 16.9. The summed E-state index contributed by atoms with van der Waals surface area (Å²) in [6.07, 6.45) is 15.1. The van der Waals surface area contributed by atoms with Crippen molar-refractivity contribution < 1.29 is 19.2 Å². The number of hydrogen-bond donors (Lipinski definition) is 0. The van der Waals surface area contributed by atoms with Crippen molar-refractivity contribution in [2.45, 2.75) is 76.7 Å². The number of carbonyl (C=O) groups is 4. The Hall–Kier alpha value is -2.44. The van der Waals surface area contributed by atoms with Crippen LogP contribution in [0.3, 0.4) is 0 Å². The molecule has 0 radical (unpaired) electrons. The van der Waals surface area contributed by atoms with E-state index in [1.807, 2.05) is 0 Å². The van der Waals surface area contributed by atoms with Gasteiger partial charge in [-0.3, -0.25) is 19.3 Å². The Kier molecular flexibility index (Phi) is 5.83. The molecule has 1 saturated carbocycles. The highest BCUT2D eigenvalue weighted by Crippen LogP contribution is 2.34. The minimum absolute atomic E-state index is 0.171. The normalized spacial score (nSPS) is 22.7. The average Bonchev–Trinajstić information content (AvgIpc) is 3.55. The van der Waals surface area contributed by atoms with Crippen LogP contribution >= 0.6 is 0 Å². The molecule has 1 heterocycles. The van der Waals surface area contributed by atoms with E-state index < -0.39 is 17.8 Å². The number of nitrogens with zero attached hydrogens (tertiary/aromatic N) is 3. The maximum absolute atomic E-state index is 13.0. The largest absolute Gasteiger partial charge is 0.334 e. The van der Waals surface area contributed by atoms with E-state index in [-0.39, 0.29) is 25.0 Å². The quantitative estimate of drug-likeness (QED) is 0.374. The molecule has 3 aliphatic carbocycles. The lowest BCUT2D eigenvalue weighted by Crippen LogP contribution is -2.44. The summed E-state index contributed by atoms with van der Waals surface area (Å²) in [7, 11) is 0. The van der Waals surface area contributed by atoms with Crippen molar-refractivity contribution in [3.8, 4) is 0 Å². The second-order valence-electron chi connectivity index (χ2n) is 8.42. The number of hydrogen-bond acceptors (Lipinski definition) is 4. The van der Waals surface area contributed by atoms with Gasteiger partial charge in [0.1, 0.15) is 6.54 Å². The molecule has 0 aromatic rings. The molecule has 29 heavy (non-hydrogen) atoms. The molecule has 1 saturated heterocycles. The Morgan fingerprint density at radius 2 is 1.62 bits per heavy atom. The summed E-state index contributed by atoms with van der Waals surface area (Å²) in [6, 6.07) is -0.483. The molecule has 0 aromatic carbocycles. The van der Waals surface area contributed by atoms with E-state index in [0.717, 1.165) is 73.3 Å². The van der Waals surface area contributed by atoms with Crippen molar-refractivity contribution in [3.05, 3.63) is 23.4 Å². The molecule has 0 atom stereocenters. The Bertz CT molecular complexity index is 781. The van der Waals surface area contributed by atoms with Crippen LogP contribution in [0, 0.1) is 0 Å². The van der Waals surface area contributed by atoms with E-state index in [2.05, 4.69) is 12.2 Å². The molecular formula is C22H29N3O4. The molecule has 4 aliphatic rings. The van der Waals surface area contributed by atoms with Crippen LogP contribution < -0.4 is 0 Å². The van der Waals surface area contributed by atoms with Gasteiger partial charge in [0, 0.05) is 18.3 Å². The van der Waals surface area contributed by atoms with Crippen LogP contribution in [-0.4, -0.2) is 57.6 Å². The first-order valence-corrected chi connectivity index (χ1v) is 10.9. The Labute approximate surface area is 171 Å². The molecule has 5 amide bonds. The number of amides is 5. The number of allylic oxidation sites excluding steroid dienone is 3. The minimum atomic E-state index is -0.880. The van der Waals surface area contributed by atoms with Gasteiger partial charge >= 0.3 is 17.8 Å². The fourth-order valence-corrected chi connectivity index (χ4v) is 4.46. The minimum Gasteiger partial charge on any atom is -0.312 e. The van der Waals surface area contributed by atoms with E-state index in [0.29, 0.717) is 6.42 Å². The zero-order chi connectivity index (χ0) is 20.4. The summed E-state index contributed by atoms with van der Waals surface area (Å²) in [5.74, 6) is -1.95. The average molecular weight is 399 g/mol. The van der Waals surface area contributed by atoms with Gasteiger partial charge in [-0.2, -0.15) is 0 Å². The SMILES string of the molecule is O=C1C(=O)N(CC(=O)N(C2=CCCCC2)C2CC2)C(=O)N1CCC1=CCCCC1. The second-order valence-corrected chi connectivity index (χ2v) is 8.42. The van der Waals surface area contributed by atoms with E-state index in [1.165, 1.54) is 12.0 Å². The van der Waals surface area contributed by atoms with Crippen molar-refractivity contribution in [2.75, 3.05) is 13.1 Å². The van der Waals surface area contributed by atoms with Gasteiger partial charge in [-0.25, -0.2) is 9.69 Å². The molecule has 0 aromatic heterocycles. The summed E-state index contributed by atoms with van der Waals surface area (Å²) in [5.41, 5.74) is 2.25. The standard InChI is InChI=1S/C22H29N3O4/c26-19(25(18-11-12-18)17-9-5-2-6-10-17)15-24-21(28)20(27)23(22(24)29)14-13-16-7-3-1-4-8-16/h7,9,18H,1-6,8,10-15H2. The molecule has 7 heteroatoms. The Balaban J connectivity index is 1.41. The molecule has 0 bridgehead atoms. The van der Waals surface area contributed by atoms with Gasteiger partial charge in [0.25, 0.3) is 0 Å². The van der Waals surface area contributed by atoms with Crippen molar-refractivity contribution in [3.63, 3.8) is 0 Å². The maximum atomic E-state index is 13.0. The molecule has 0 unspecified atom stereocenters. The highest BCUT2D eigenvalue weighted by Gasteiger charge is 2.46. The van der Waals surface area contributed by atoms with Crippen LogP contribution in [0.25, 0.3) is 0 Å². The number of imide groups is 2. The first-order valence-electron chi connectivity index (χ1n) is 10.9. The first-order chi connectivity index (χ1) is 14.1. The first kappa shape index (κ1) is 19.9. The number of carbonyl (C=O) groups excluding carboxylic acids is 4. The number of urea groups is 1. The van der Waals surface area contributed by atoms with Crippen LogP contribution in [0.5, 0.6) is 0 Å². The third-order valence-corrected chi connectivity index (χ3v) is 6.23. The predicted octanol–water partition coefficient (Wildman–Crippen LogP) is 3.12. The van der Waals surface area contributed by atoms with Crippen LogP contribution in [0.2, 0.25) is 0 Å². The molecular weight excluding hydrogens is 370 g/mol. The van der Waals surface area contributed by atoms with E-state index in [1.54, 1.807) is 4.90 Å². The van der Waals surface area contributed by atoms with Crippen LogP contribution in [-0.2, 0) is 14.4 Å². The summed E-state index contributed by atoms with van der Waals surface area (Å²) < 4.78 is 0. The third kappa shape index (κ3) is 4.28. The van der Waals surface area contributed by atoms with Gasteiger partial charge in [-0.05, 0) is 70.6 Å². The summed E-state index contributed by atoms with van der Waals surface area (Å²) in [5, 5.41) is 0. The third-order valence-electron chi connectivity index (χ3n) is 6.23. The van der Waals surface area contributed by atoms with Crippen molar-refractivity contribution in [1.82, 2.24) is 14.7 Å². The highest BCUT2D eigenvalue weighted by molar-refractivity contribution is 6.45. The lowest BCUT2D eigenvalue weighted by Gasteiger charge is -2.29. The lowest BCUT2D eigenvalue weighted by atomic mass is 9.97. The van der Waals surface area contributed by atoms with Gasteiger partial charge in [-0.1, -0.05) is 17.7 Å². The molecule has 1 aliphatic heterocycles.